The lowest BCUT2D eigenvalue weighted by Crippen LogP contribution is -2.00. The number of nitrogens with zero attached hydrogens (tertiary/aromatic N) is 2. The summed E-state index contributed by atoms with van der Waals surface area (Å²) >= 11 is 0. The van der Waals surface area contributed by atoms with Crippen molar-refractivity contribution in [2.75, 3.05) is 5.73 Å². The summed E-state index contributed by atoms with van der Waals surface area (Å²) in [6.45, 7) is 3.46. The number of nitrogens with two attached hydrogens (primary N) is 1. The van der Waals surface area contributed by atoms with Gasteiger partial charge in [-0.15, -0.1) is 0 Å². The lowest BCUT2D eigenvalue weighted by Gasteiger charge is -2.09. The van der Waals surface area contributed by atoms with Gasteiger partial charge in [-0.2, -0.15) is 0 Å². The molecule has 0 fully saturated rings. The van der Waals surface area contributed by atoms with E-state index in [-0.39, 0.29) is 17.3 Å². The van der Waals surface area contributed by atoms with Crippen molar-refractivity contribution in [1.82, 2.24) is 4.98 Å². The highest BCUT2D eigenvalue weighted by molar-refractivity contribution is 5.58. The van der Waals surface area contributed by atoms with E-state index in [1.165, 1.54) is 6.07 Å². The van der Waals surface area contributed by atoms with Crippen LogP contribution in [0.15, 0.2) is 30.5 Å². The molecule has 1 aromatic carbocycles. The van der Waals surface area contributed by atoms with Gasteiger partial charge in [-0.05, 0) is 31.5 Å². The van der Waals surface area contributed by atoms with E-state index in [2.05, 4.69) is 4.98 Å². The van der Waals surface area contributed by atoms with Crippen LogP contribution in [0.4, 0.5) is 11.4 Å². The molecule has 6 heteroatoms. The predicted molar refractivity (Wildman–Crippen MR) is 71.3 cm³/mol. The van der Waals surface area contributed by atoms with Crippen LogP contribution in [0.2, 0.25) is 0 Å². The standard InChI is InChI=1S/C13H13N3O3/c1-8-6-7-15-13(11(8)14)19-10-5-3-4-9(2)12(10)16(17)18/h3-7H,14H2,1-2H3. The molecule has 0 aliphatic heterocycles. The van der Waals surface area contributed by atoms with Crippen LogP contribution in [0, 0.1) is 24.0 Å². The fourth-order valence-electron chi connectivity index (χ4n) is 1.68. The maximum absolute atomic E-state index is 11.1. The number of pyridine rings is 1. The van der Waals surface area contributed by atoms with E-state index in [1.807, 2.05) is 6.92 Å². The Kier molecular flexibility index (Phi) is 3.33. The second kappa shape index (κ2) is 4.93. The summed E-state index contributed by atoms with van der Waals surface area (Å²) in [5.41, 5.74) is 7.46. The van der Waals surface area contributed by atoms with Crippen molar-refractivity contribution in [3.63, 3.8) is 0 Å². The van der Waals surface area contributed by atoms with Crippen molar-refractivity contribution in [2.24, 2.45) is 0 Å². The quantitative estimate of drug-likeness (QED) is 0.675. The highest BCUT2D eigenvalue weighted by Crippen LogP contribution is 2.35. The molecule has 2 N–H and O–H groups in total. The number of aromatic nitrogens is 1. The minimum Gasteiger partial charge on any atom is -0.430 e. The van der Waals surface area contributed by atoms with E-state index in [4.69, 9.17) is 10.5 Å². The maximum atomic E-state index is 11.1. The molecule has 0 unspecified atom stereocenters. The van der Waals surface area contributed by atoms with Crippen molar-refractivity contribution in [1.29, 1.82) is 0 Å². The zero-order valence-electron chi connectivity index (χ0n) is 10.6. The van der Waals surface area contributed by atoms with E-state index in [0.29, 0.717) is 11.3 Å². The van der Waals surface area contributed by atoms with Crippen molar-refractivity contribution < 1.29 is 9.66 Å². The van der Waals surface area contributed by atoms with E-state index < -0.39 is 4.92 Å². The third-order valence-electron chi connectivity index (χ3n) is 2.76. The third-order valence-corrected chi connectivity index (χ3v) is 2.76. The fourth-order valence-corrected chi connectivity index (χ4v) is 1.68. The van der Waals surface area contributed by atoms with Crippen molar-refractivity contribution in [2.45, 2.75) is 13.8 Å². The van der Waals surface area contributed by atoms with Gasteiger partial charge in [0.2, 0.25) is 11.6 Å². The van der Waals surface area contributed by atoms with Crippen LogP contribution in [0.1, 0.15) is 11.1 Å². The first kappa shape index (κ1) is 12.8. The first-order valence-electron chi connectivity index (χ1n) is 5.63. The van der Waals surface area contributed by atoms with Gasteiger partial charge in [0.15, 0.2) is 0 Å². The average Bonchev–Trinajstić information content (AvgIpc) is 2.34. The lowest BCUT2D eigenvalue weighted by atomic mass is 10.2. The molecule has 1 heterocycles. The number of para-hydroxylation sites is 1. The summed E-state index contributed by atoms with van der Waals surface area (Å²) in [5.74, 6) is 0.309. The van der Waals surface area contributed by atoms with E-state index in [9.17, 15) is 10.1 Å². The van der Waals surface area contributed by atoms with Crippen LogP contribution in [-0.2, 0) is 0 Å². The summed E-state index contributed by atoms with van der Waals surface area (Å²) < 4.78 is 5.49. The van der Waals surface area contributed by atoms with Crippen LogP contribution >= 0.6 is 0 Å². The van der Waals surface area contributed by atoms with Gasteiger partial charge in [0, 0.05) is 11.8 Å². The number of hydrogen-bond donors (Lipinski definition) is 1. The zero-order chi connectivity index (χ0) is 14.0. The molecular weight excluding hydrogens is 246 g/mol. The Balaban J connectivity index is 2.47. The number of nitrogen functional groups attached to an aromatic ring is 1. The minimum absolute atomic E-state index is 0.0785. The lowest BCUT2D eigenvalue weighted by molar-refractivity contribution is -0.386. The van der Waals surface area contributed by atoms with Gasteiger partial charge >= 0.3 is 5.69 Å². The molecule has 2 aromatic rings. The Labute approximate surface area is 110 Å². The summed E-state index contributed by atoms with van der Waals surface area (Å²) in [7, 11) is 0. The van der Waals surface area contributed by atoms with E-state index in [1.54, 1.807) is 31.3 Å². The number of nitro benzene ring substituents is 1. The summed E-state index contributed by atoms with van der Waals surface area (Å²) in [5, 5.41) is 11.1. The summed E-state index contributed by atoms with van der Waals surface area (Å²) in [4.78, 5) is 14.6. The fraction of sp³-hybridized carbons (Fsp3) is 0.154. The topological polar surface area (TPSA) is 91.3 Å². The van der Waals surface area contributed by atoms with Gasteiger partial charge in [-0.1, -0.05) is 12.1 Å². The molecular formula is C13H13N3O3. The molecule has 0 saturated carbocycles. The first-order valence-corrected chi connectivity index (χ1v) is 5.63. The van der Waals surface area contributed by atoms with Crippen LogP contribution in [0.3, 0.4) is 0 Å². The maximum Gasteiger partial charge on any atom is 0.314 e. The number of rotatable bonds is 3. The molecule has 2 rings (SSSR count). The van der Waals surface area contributed by atoms with Crippen LogP contribution in [-0.4, -0.2) is 9.91 Å². The number of aryl methyl sites for hydroxylation is 2. The molecule has 6 nitrogen and oxygen atoms in total. The Morgan fingerprint density at radius 1 is 1.26 bits per heavy atom. The molecule has 0 saturated heterocycles. The van der Waals surface area contributed by atoms with Gasteiger partial charge in [0.25, 0.3) is 0 Å². The molecule has 0 atom stereocenters. The second-order valence-corrected chi connectivity index (χ2v) is 4.13. The molecule has 0 spiro atoms. The van der Waals surface area contributed by atoms with Crippen molar-refractivity contribution >= 4 is 11.4 Å². The van der Waals surface area contributed by atoms with Crippen LogP contribution < -0.4 is 10.5 Å². The smallest absolute Gasteiger partial charge is 0.314 e. The van der Waals surface area contributed by atoms with Crippen LogP contribution in [0.5, 0.6) is 11.6 Å². The SMILES string of the molecule is Cc1ccnc(Oc2cccc(C)c2[N+](=O)[O-])c1N. The molecule has 98 valence electrons. The average molecular weight is 259 g/mol. The molecule has 19 heavy (non-hydrogen) atoms. The third kappa shape index (κ3) is 2.47. The minimum atomic E-state index is -0.476. The van der Waals surface area contributed by atoms with E-state index >= 15 is 0 Å². The molecule has 0 aliphatic rings. The molecule has 0 aliphatic carbocycles. The largest absolute Gasteiger partial charge is 0.430 e. The number of ether oxygens (including phenoxy) is 1. The Morgan fingerprint density at radius 2 is 2.00 bits per heavy atom. The van der Waals surface area contributed by atoms with Gasteiger partial charge in [-0.25, -0.2) is 4.98 Å². The number of nitro groups is 1. The Bertz CT molecular complexity index is 641. The van der Waals surface area contributed by atoms with Gasteiger partial charge in [-0.3, -0.25) is 10.1 Å². The Hall–Kier alpha value is -2.63. The van der Waals surface area contributed by atoms with Gasteiger partial charge in [0.1, 0.15) is 0 Å². The van der Waals surface area contributed by atoms with Crippen molar-refractivity contribution in [3.05, 3.63) is 51.7 Å². The summed E-state index contributed by atoms with van der Waals surface area (Å²) in [6, 6.07) is 6.60. The monoisotopic (exact) mass is 259 g/mol. The van der Waals surface area contributed by atoms with Gasteiger partial charge < -0.3 is 10.5 Å². The van der Waals surface area contributed by atoms with Crippen LogP contribution in [0.25, 0.3) is 0 Å². The highest BCUT2D eigenvalue weighted by Gasteiger charge is 2.20. The Morgan fingerprint density at radius 3 is 2.68 bits per heavy atom. The molecule has 0 amide bonds. The number of benzene rings is 1. The highest BCUT2D eigenvalue weighted by atomic mass is 16.6. The molecule has 1 aromatic heterocycles. The summed E-state index contributed by atoms with van der Waals surface area (Å²) in [6.07, 6.45) is 1.54. The second-order valence-electron chi connectivity index (χ2n) is 4.13. The zero-order valence-corrected chi connectivity index (χ0v) is 10.6. The normalized spacial score (nSPS) is 10.2. The van der Waals surface area contributed by atoms with E-state index in [0.717, 1.165) is 5.56 Å². The number of hydrogen-bond acceptors (Lipinski definition) is 5. The predicted octanol–water partition coefficient (Wildman–Crippen LogP) is 2.98. The van der Waals surface area contributed by atoms with Crippen molar-refractivity contribution in [3.8, 4) is 11.6 Å². The van der Waals surface area contributed by atoms with Gasteiger partial charge in [0.05, 0.1) is 10.6 Å². The molecule has 0 radical (unpaired) electrons. The number of anilines is 1. The molecule has 0 bridgehead atoms. The first-order chi connectivity index (χ1) is 9.00.